The lowest BCUT2D eigenvalue weighted by atomic mass is 9.89. The van der Waals surface area contributed by atoms with Crippen molar-refractivity contribution in [2.45, 2.75) is 59.2 Å². The summed E-state index contributed by atoms with van der Waals surface area (Å²) in [5.74, 6) is 0.236. The van der Waals surface area contributed by atoms with E-state index in [9.17, 15) is 4.79 Å². The lowest BCUT2D eigenvalue weighted by Gasteiger charge is -2.32. The number of hydrogen-bond acceptors (Lipinski definition) is 3. The first-order chi connectivity index (χ1) is 9.33. The summed E-state index contributed by atoms with van der Waals surface area (Å²) in [5, 5.41) is 5.63. The summed E-state index contributed by atoms with van der Waals surface area (Å²) >= 11 is 1.71. The van der Waals surface area contributed by atoms with Crippen LogP contribution in [0.2, 0.25) is 0 Å². The predicted molar refractivity (Wildman–Crippen MR) is 84.7 cm³/mol. The molecule has 0 aromatic carbocycles. The summed E-state index contributed by atoms with van der Waals surface area (Å²) in [6, 6.07) is 4.17. The monoisotopic (exact) mass is 294 g/mol. The Labute approximate surface area is 126 Å². The van der Waals surface area contributed by atoms with Crippen molar-refractivity contribution in [1.82, 2.24) is 10.2 Å². The van der Waals surface area contributed by atoms with Crippen LogP contribution in [0.15, 0.2) is 17.5 Å². The molecule has 1 saturated heterocycles. The Kier molecular flexibility index (Phi) is 4.26. The first-order valence-electron chi connectivity index (χ1n) is 7.45. The highest BCUT2D eigenvalue weighted by Crippen LogP contribution is 2.37. The van der Waals surface area contributed by atoms with E-state index >= 15 is 0 Å². The van der Waals surface area contributed by atoms with E-state index in [0.29, 0.717) is 0 Å². The van der Waals surface area contributed by atoms with Crippen LogP contribution in [0.1, 0.15) is 58.5 Å². The molecule has 1 aliphatic heterocycles. The van der Waals surface area contributed by atoms with Gasteiger partial charge in [-0.25, -0.2) is 0 Å². The van der Waals surface area contributed by atoms with Crippen LogP contribution in [0, 0.1) is 5.41 Å². The van der Waals surface area contributed by atoms with E-state index in [1.54, 1.807) is 11.3 Å². The molecule has 0 spiro atoms. The van der Waals surface area contributed by atoms with Gasteiger partial charge in [-0.1, -0.05) is 33.8 Å². The molecule has 2 unspecified atom stereocenters. The Balaban J connectivity index is 2.31. The third kappa shape index (κ3) is 2.77. The van der Waals surface area contributed by atoms with Crippen molar-refractivity contribution in [3.8, 4) is 0 Å². The highest BCUT2D eigenvalue weighted by atomic mass is 32.1. The molecule has 2 rings (SSSR count). The SMILES string of the molecule is CCC(C)(C)CN1C(=O)C(C)(CC)NC1c1cccs1. The molecule has 1 N–H and O–H groups in total. The largest absolute Gasteiger partial charge is 0.320 e. The number of thiophene rings is 1. The maximum atomic E-state index is 12.8. The molecule has 2 atom stereocenters. The number of rotatable bonds is 5. The van der Waals surface area contributed by atoms with E-state index < -0.39 is 5.54 Å². The number of carbonyl (C=O) groups excluding carboxylic acids is 1. The van der Waals surface area contributed by atoms with Crippen molar-refractivity contribution in [3.05, 3.63) is 22.4 Å². The molecule has 0 aliphatic carbocycles. The van der Waals surface area contributed by atoms with Crippen molar-refractivity contribution in [2.75, 3.05) is 6.54 Å². The van der Waals surface area contributed by atoms with Gasteiger partial charge >= 0.3 is 0 Å². The topological polar surface area (TPSA) is 32.3 Å². The van der Waals surface area contributed by atoms with Crippen LogP contribution < -0.4 is 5.32 Å². The van der Waals surface area contributed by atoms with Gasteiger partial charge in [0.15, 0.2) is 0 Å². The number of amides is 1. The lowest BCUT2D eigenvalue weighted by molar-refractivity contribution is -0.134. The minimum Gasteiger partial charge on any atom is -0.320 e. The van der Waals surface area contributed by atoms with Gasteiger partial charge in [0.1, 0.15) is 6.17 Å². The molecule has 1 aromatic rings. The molecule has 3 nitrogen and oxygen atoms in total. The smallest absolute Gasteiger partial charge is 0.244 e. The van der Waals surface area contributed by atoms with Crippen molar-refractivity contribution in [3.63, 3.8) is 0 Å². The maximum absolute atomic E-state index is 12.8. The Morgan fingerprint density at radius 1 is 1.45 bits per heavy atom. The minimum absolute atomic E-state index is 0.0262. The maximum Gasteiger partial charge on any atom is 0.244 e. The molecule has 0 radical (unpaired) electrons. The van der Waals surface area contributed by atoms with Gasteiger partial charge in [-0.2, -0.15) is 0 Å². The van der Waals surface area contributed by atoms with Gasteiger partial charge in [0.25, 0.3) is 0 Å². The zero-order chi connectivity index (χ0) is 15.0. The van der Waals surface area contributed by atoms with Crippen molar-refractivity contribution >= 4 is 17.2 Å². The van der Waals surface area contributed by atoms with Gasteiger partial charge in [0, 0.05) is 11.4 Å². The minimum atomic E-state index is -0.432. The normalized spacial score (nSPS) is 27.4. The summed E-state index contributed by atoms with van der Waals surface area (Å²) in [5.41, 5.74) is -0.287. The summed E-state index contributed by atoms with van der Waals surface area (Å²) in [6.07, 6.45) is 1.91. The number of hydrogen-bond donors (Lipinski definition) is 1. The summed E-state index contributed by atoms with van der Waals surface area (Å²) in [4.78, 5) is 16.1. The van der Waals surface area contributed by atoms with Gasteiger partial charge in [-0.05, 0) is 36.6 Å². The summed E-state index contributed by atoms with van der Waals surface area (Å²) in [7, 11) is 0. The Hall–Kier alpha value is -0.870. The van der Waals surface area contributed by atoms with Crippen LogP contribution in [0.4, 0.5) is 0 Å². The lowest BCUT2D eigenvalue weighted by Crippen LogP contribution is -2.44. The van der Waals surface area contributed by atoms with Crippen LogP contribution in [-0.2, 0) is 4.79 Å². The van der Waals surface area contributed by atoms with Crippen LogP contribution in [0.5, 0.6) is 0 Å². The van der Waals surface area contributed by atoms with E-state index in [0.717, 1.165) is 19.4 Å². The van der Waals surface area contributed by atoms with E-state index in [1.807, 2.05) is 11.8 Å². The van der Waals surface area contributed by atoms with Crippen LogP contribution in [-0.4, -0.2) is 22.9 Å². The summed E-state index contributed by atoms with van der Waals surface area (Å²) < 4.78 is 0. The fourth-order valence-corrected chi connectivity index (χ4v) is 3.32. The van der Waals surface area contributed by atoms with E-state index in [1.165, 1.54) is 4.88 Å². The van der Waals surface area contributed by atoms with Gasteiger partial charge < -0.3 is 4.90 Å². The third-order valence-corrected chi connectivity index (χ3v) is 5.50. The average Bonchev–Trinajstić information content (AvgIpc) is 3.02. The van der Waals surface area contributed by atoms with E-state index in [4.69, 9.17) is 0 Å². The van der Waals surface area contributed by atoms with Crippen LogP contribution in [0.3, 0.4) is 0 Å². The highest BCUT2D eigenvalue weighted by Gasteiger charge is 2.48. The first-order valence-corrected chi connectivity index (χ1v) is 8.33. The Morgan fingerprint density at radius 2 is 2.15 bits per heavy atom. The fraction of sp³-hybridized carbons (Fsp3) is 0.688. The molecule has 112 valence electrons. The van der Waals surface area contributed by atoms with Gasteiger partial charge in [-0.3, -0.25) is 10.1 Å². The predicted octanol–water partition coefficient (Wildman–Crippen LogP) is 3.78. The van der Waals surface area contributed by atoms with Crippen molar-refractivity contribution < 1.29 is 4.79 Å². The highest BCUT2D eigenvalue weighted by molar-refractivity contribution is 7.10. The van der Waals surface area contributed by atoms with E-state index in [-0.39, 0.29) is 17.5 Å². The van der Waals surface area contributed by atoms with Gasteiger partial charge in [-0.15, -0.1) is 11.3 Å². The first kappa shape index (κ1) is 15.5. The van der Waals surface area contributed by atoms with Crippen LogP contribution in [0.25, 0.3) is 0 Å². The Morgan fingerprint density at radius 3 is 2.65 bits per heavy atom. The zero-order valence-electron chi connectivity index (χ0n) is 13.2. The number of nitrogens with zero attached hydrogens (tertiary/aromatic N) is 1. The standard InChI is InChI=1S/C16H26N2OS/c1-6-15(3,4)11-18-13(12-9-8-10-20-12)17-16(5,7-2)14(18)19/h8-10,13,17H,6-7,11H2,1-5H3. The van der Waals surface area contributed by atoms with Gasteiger partial charge in [0.05, 0.1) is 5.54 Å². The third-order valence-electron chi connectivity index (χ3n) is 4.58. The zero-order valence-corrected chi connectivity index (χ0v) is 14.0. The molecule has 20 heavy (non-hydrogen) atoms. The second kappa shape index (κ2) is 5.49. The van der Waals surface area contributed by atoms with E-state index in [2.05, 4.69) is 50.5 Å². The number of carbonyl (C=O) groups is 1. The second-order valence-corrected chi connectivity index (χ2v) is 7.68. The van der Waals surface area contributed by atoms with Crippen molar-refractivity contribution in [1.29, 1.82) is 0 Å². The molecular weight excluding hydrogens is 268 g/mol. The molecule has 1 aliphatic rings. The fourth-order valence-electron chi connectivity index (χ4n) is 2.54. The molecular formula is C16H26N2OS. The quantitative estimate of drug-likeness (QED) is 0.896. The Bertz CT molecular complexity index is 469. The van der Waals surface area contributed by atoms with Gasteiger partial charge in [0.2, 0.25) is 5.91 Å². The molecule has 1 fully saturated rings. The molecule has 1 amide bonds. The average molecular weight is 294 g/mol. The summed E-state index contributed by atoms with van der Waals surface area (Å²) in [6.45, 7) is 11.5. The second-order valence-electron chi connectivity index (χ2n) is 6.70. The molecule has 0 bridgehead atoms. The molecule has 2 heterocycles. The van der Waals surface area contributed by atoms with Crippen LogP contribution >= 0.6 is 11.3 Å². The molecule has 0 saturated carbocycles. The number of nitrogens with one attached hydrogen (secondary N) is 1. The van der Waals surface area contributed by atoms with Crippen molar-refractivity contribution in [2.24, 2.45) is 5.41 Å². The molecule has 4 heteroatoms. The molecule has 1 aromatic heterocycles.